The Labute approximate surface area is 164 Å². The molecule has 7 nitrogen and oxygen atoms in total. The third-order valence-electron chi connectivity index (χ3n) is 4.28. The normalized spacial score (nSPS) is 13.8. The standard InChI is InChI=1S/C19H10ClNO6S/c20-17(22)12-7-9-13(10-8-12)28(25,26)27-21-18(23)14-5-1-3-11-4-2-6-15(16(11)14)19(21)24/h1-10H. The molecule has 2 amide bonds. The molecular formula is C19H10ClNO6S. The summed E-state index contributed by atoms with van der Waals surface area (Å²) in [4.78, 5) is 36.2. The minimum Gasteiger partial charge on any atom is -0.276 e. The molecule has 0 spiro atoms. The van der Waals surface area contributed by atoms with Gasteiger partial charge in [-0.05, 0) is 53.4 Å². The zero-order chi connectivity index (χ0) is 20.1. The molecule has 0 aromatic heterocycles. The lowest BCUT2D eigenvalue weighted by atomic mass is 9.95. The van der Waals surface area contributed by atoms with Crippen LogP contribution in [0.4, 0.5) is 0 Å². The highest BCUT2D eigenvalue weighted by atomic mass is 35.5. The number of hydroxylamine groups is 2. The van der Waals surface area contributed by atoms with Crippen molar-refractivity contribution in [2.75, 3.05) is 0 Å². The molecule has 1 heterocycles. The SMILES string of the molecule is O=C(Cl)c1ccc(S(=O)(=O)ON2C(=O)c3cccc4cccc(c34)C2=O)cc1. The second-order valence-electron chi connectivity index (χ2n) is 5.94. The number of nitrogens with zero attached hydrogens (tertiary/aromatic N) is 1. The number of hydrogen-bond acceptors (Lipinski definition) is 6. The summed E-state index contributed by atoms with van der Waals surface area (Å²) in [5, 5.41) is 0.603. The van der Waals surface area contributed by atoms with Crippen molar-refractivity contribution >= 4 is 49.5 Å². The number of rotatable bonds is 4. The van der Waals surface area contributed by atoms with Crippen LogP contribution < -0.4 is 0 Å². The maximum atomic E-state index is 12.7. The minimum atomic E-state index is -4.51. The number of carbonyl (C=O) groups excluding carboxylic acids is 3. The van der Waals surface area contributed by atoms with Gasteiger partial charge in [0.1, 0.15) is 0 Å². The molecule has 28 heavy (non-hydrogen) atoms. The van der Waals surface area contributed by atoms with Gasteiger partial charge in [-0.1, -0.05) is 24.3 Å². The molecule has 0 unspecified atom stereocenters. The van der Waals surface area contributed by atoms with E-state index in [0.717, 1.165) is 12.1 Å². The predicted molar refractivity (Wildman–Crippen MR) is 99.3 cm³/mol. The summed E-state index contributed by atoms with van der Waals surface area (Å²) in [7, 11) is -4.51. The molecule has 0 radical (unpaired) electrons. The van der Waals surface area contributed by atoms with E-state index in [4.69, 9.17) is 15.9 Å². The van der Waals surface area contributed by atoms with Gasteiger partial charge in [-0.25, -0.2) is 0 Å². The van der Waals surface area contributed by atoms with Crippen LogP contribution in [0.5, 0.6) is 0 Å². The quantitative estimate of drug-likeness (QED) is 0.479. The van der Waals surface area contributed by atoms with Gasteiger partial charge in [0.25, 0.3) is 17.1 Å². The molecule has 4 rings (SSSR count). The Bertz CT molecular complexity index is 1220. The van der Waals surface area contributed by atoms with Crippen molar-refractivity contribution in [1.29, 1.82) is 0 Å². The van der Waals surface area contributed by atoms with Gasteiger partial charge >= 0.3 is 10.1 Å². The Morgan fingerprint density at radius 3 is 1.89 bits per heavy atom. The van der Waals surface area contributed by atoms with E-state index in [9.17, 15) is 22.8 Å². The van der Waals surface area contributed by atoms with Crippen LogP contribution >= 0.6 is 11.6 Å². The van der Waals surface area contributed by atoms with Crippen molar-refractivity contribution in [2.45, 2.75) is 4.90 Å². The summed E-state index contributed by atoms with van der Waals surface area (Å²) in [6, 6.07) is 14.3. The van der Waals surface area contributed by atoms with E-state index in [2.05, 4.69) is 0 Å². The molecule has 140 valence electrons. The van der Waals surface area contributed by atoms with Crippen LogP contribution in [-0.2, 0) is 14.4 Å². The Kier molecular flexibility index (Phi) is 4.26. The Morgan fingerprint density at radius 2 is 1.39 bits per heavy atom. The van der Waals surface area contributed by atoms with Crippen molar-refractivity contribution in [3.63, 3.8) is 0 Å². The first kappa shape index (κ1) is 18.3. The number of halogens is 1. The van der Waals surface area contributed by atoms with Crippen LogP contribution in [0, 0.1) is 0 Å². The molecule has 3 aromatic rings. The van der Waals surface area contributed by atoms with Crippen LogP contribution in [-0.4, -0.2) is 30.5 Å². The predicted octanol–water partition coefficient (Wildman–Crippen LogP) is 3.14. The highest BCUT2D eigenvalue weighted by Gasteiger charge is 2.37. The van der Waals surface area contributed by atoms with Crippen LogP contribution in [0.2, 0.25) is 0 Å². The molecular weight excluding hydrogens is 406 g/mol. The van der Waals surface area contributed by atoms with Crippen LogP contribution in [0.25, 0.3) is 10.8 Å². The largest absolute Gasteiger partial charge is 0.318 e. The van der Waals surface area contributed by atoms with E-state index in [1.807, 2.05) is 0 Å². The fraction of sp³-hybridized carbons (Fsp3) is 0. The molecule has 0 aliphatic carbocycles. The van der Waals surface area contributed by atoms with Crippen molar-refractivity contribution < 1.29 is 27.1 Å². The third-order valence-corrected chi connectivity index (χ3v) is 5.69. The maximum absolute atomic E-state index is 12.7. The summed E-state index contributed by atoms with van der Waals surface area (Å²) < 4.78 is 29.9. The second-order valence-corrected chi connectivity index (χ2v) is 7.81. The molecule has 0 saturated heterocycles. The summed E-state index contributed by atoms with van der Waals surface area (Å²) in [6.45, 7) is 0. The molecule has 0 N–H and O–H groups in total. The molecule has 0 atom stereocenters. The molecule has 3 aromatic carbocycles. The maximum Gasteiger partial charge on any atom is 0.318 e. The van der Waals surface area contributed by atoms with E-state index in [-0.39, 0.29) is 26.6 Å². The highest BCUT2D eigenvalue weighted by Crippen LogP contribution is 2.31. The van der Waals surface area contributed by atoms with E-state index in [1.165, 1.54) is 24.3 Å². The second kappa shape index (κ2) is 6.52. The Hall–Kier alpha value is -3.07. The van der Waals surface area contributed by atoms with Gasteiger partial charge in [0.2, 0.25) is 0 Å². The Morgan fingerprint density at radius 1 is 0.857 bits per heavy atom. The first-order valence-corrected chi connectivity index (χ1v) is 9.73. The number of amides is 2. The van der Waals surface area contributed by atoms with Crippen molar-refractivity contribution in [2.24, 2.45) is 0 Å². The fourth-order valence-corrected chi connectivity index (χ4v) is 3.98. The fourth-order valence-electron chi connectivity index (χ4n) is 2.97. The van der Waals surface area contributed by atoms with Crippen molar-refractivity contribution in [1.82, 2.24) is 5.06 Å². The molecule has 1 aliphatic rings. The molecule has 9 heteroatoms. The monoisotopic (exact) mass is 415 g/mol. The van der Waals surface area contributed by atoms with Crippen LogP contribution in [0.15, 0.2) is 65.6 Å². The van der Waals surface area contributed by atoms with Gasteiger partial charge in [0.05, 0.1) is 16.0 Å². The van der Waals surface area contributed by atoms with Gasteiger partial charge in [0, 0.05) is 10.9 Å². The number of imide groups is 1. The third kappa shape index (κ3) is 2.88. The van der Waals surface area contributed by atoms with Gasteiger partial charge < -0.3 is 0 Å². The van der Waals surface area contributed by atoms with Gasteiger partial charge in [-0.15, -0.1) is 9.35 Å². The minimum absolute atomic E-state index is 0.0892. The molecule has 1 aliphatic heterocycles. The van der Waals surface area contributed by atoms with Gasteiger partial charge in [0.15, 0.2) is 0 Å². The van der Waals surface area contributed by atoms with Crippen molar-refractivity contribution in [3.8, 4) is 0 Å². The number of carbonyl (C=O) groups is 3. The highest BCUT2D eigenvalue weighted by molar-refractivity contribution is 7.86. The lowest BCUT2D eigenvalue weighted by Crippen LogP contribution is -2.41. The summed E-state index contributed by atoms with van der Waals surface area (Å²) >= 11 is 5.33. The Balaban J connectivity index is 1.73. The lowest BCUT2D eigenvalue weighted by Gasteiger charge is -2.25. The molecule has 0 saturated carbocycles. The van der Waals surface area contributed by atoms with Gasteiger partial charge in [-0.3, -0.25) is 14.4 Å². The first-order valence-electron chi connectivity index (χ1n) is 7.94. The zero-order valence-electron chi connectivity index (χ0n) is 14.0. The van der Waals surface area contributed by atoms with E-state index >= 15 is 0 Å². The first-order chi connectivity index (χ1) is 13.3. The smallest absolute Gasteiger partial charge is 0.276 e. The lowest BCUT2D eigenvalue weighted by molar-refractivity contribution is -0.0155. The molecule has 0 bridgehead atoms. The summed E-state index contributed by atoms with van der Waals surface area (Å²) in [5.41, 5.74) is 0.406. The number of benzene rings is 3. The summed E-state index contributed by atoms with van der Waals surface area (Å²) in [6.07, 6.45) is 0. The van der Waals surface area contributed by atoms with E-state index in [1.54, 1.807) is 24.3 Å². The van der Waals surface area contributed by atoms with Crippen LogP contribution in [0.1, 0.15) is 31.1 Å². The van der Waals surface area contributed by atoms with Crippen molar-refractivity contribution in [3.05, 3.63) is 77.4 Å². The summed E-state index contributed by atoms with van der Waals surface area (Å²) in [5.74, 6) is -1.77. The topological polar surface area (TPSA) is 97.8 Å². The van der Waals surface area contributed by atoms with E-state index < -0.39 is 27.2 Å². The van der Waals surface area contributed by atoms with Crippen LogP contribution in [0.3, 0.4) is 0 Å². The average Bonchev–Trinajstić information content (AvgIpc) is 2.69. The van der Waals surface area contributed by atoms with Gasteiger partial charge in [-0.2, -0.15) is 8.42 Å². The average molecular weight is 416 g/mol. The number of hydrogen-bond donors (Lipinski definition) is 0. The zero-order valence-corrected chi connectivity index (χ0v) is 15.5. The van der Waals surface area contributed by atoms with E-state index in [0.29, 0.717) is 10.8 Å². The molecule has 0 fully saturated rings.